The van der Waals surface area contributed by atoms with Crippen molar-refractivity contribution in [3.05, 3.63) is 23.8 Å². The first-order valence-electron chi connectivity index (χ1n) is 5.52. The molecule has 0 aromatic heterocycles. The number of benzene rings is 1. The highest BCUT2D eigenvalue weighted by Crippen LogP contribution is 2.26. The minimum atomic E-state index is -1.26. The number of amides is 1. The fraction of sp³-hybridized carbons (Fsp3) is 0.333. The summed E-state index contributed by atoms with van der Waals surface area (Å²) in [6.07, 6.45) is -0.148. The molecule has 0 saturated carbocycles. The normalized spacial score (nSPS) is 11.9. The second kappa shape index (κ2) is 6.12. The highest BCUT2D eigenvalue weighted by Gasteiger charge is 2.17. The monoisotopic (exact) mass is 273 g/mol. The average molecular weight is 273 g/mol. The second-order valence-corrected chi connectivity index (χ2v) is 4.08. The Morgan fingerprint density at radius 1 is 1.37 bits per heavy atom. The Bertz CT molecular complexity index is 505. The lowest BCUT2D eigenvalue weighted by Gasteiger charge is -2.09. The van der Waals surface area contributed by atoms with Crippen LogP contribution in [0.4, 0.5) is 14.5 Å². The number of carbonyl (C=O) groups is 2. The van der Waals surface area contributed by atoms with Crippen LogP contribution in [0.2, 0.25) is 0 Å². The molecule has 104 valence electrons. The maximum absolute atomic E-state index is 13.4. The van der Waals surface area contributed by atoms with Crippen LogP contribution in [0.5, 0.6) is 5.75 Å². The van der Waals surface area contributed by atoms with Crippen molar-refractivity contribution in [2.45, 2.75) is 19.8 Å². The van der Waals surface area contributed by atoms with Gasteiger partial charge in [-0.2, -0.15) is 0 Å². The van der Waals surface area contributed by atoms with E-state index in [1.165, 1.54) is 6.92 Å². The van der Waals surface area contributed by atoms with E-state index >= 15 is 0 Å². The van der Waals surface area contributed by atoms with Crippen LogP contribution in [0.25, 0.3) is 0 Å². The molecule has 0 bridgehead atoms. The fourth-order valence-corrected chi connectivity index (χ4v) is 1.33. The molecule has 0 radical (unpaired) electrons. The summed E-state index contributed by atoms with van der Waals surface area (Å²) in [6.45, 7) is 1.42. The van der Waals surface area contributed by atoms with Gasteiger partial charge in [0.2, 0.25) is 5.91 Å². The first-order valence-corrected chi connectivity index (χ1v) is 5.52. The zero-order chi connectivity index (χ0) is 14.6. The van der Waals surface area contributed by atoms with Crippen LogP contribution in [0, 0.1) is 17.6 Å². The summed E-state index contributed by atoms with van der Waals surface area (Å²) in [5, 5.41) is 19.7. The summed E-state index contributed by atoms with van der Waals surface area (Å²) < 4.78 is 26.6. The molecule has 1 atom stereocenters. The van der Waals surface area contributed by atoms with E-state index in [0.717, 1.165) is 12.1 Å². The molecule has 0 aliphatic heterocycles. The van der Waals surface area contributed by atoms with Gasteiger partial charge in [-0.05, 0) is 18.6 Å². The third-order valence-corrected chi connectivity index (χ3v) is 2.56. The third-order valence-electron chi connectivity index (χ3n) is 2.56. The summed E-state index contributed by atoms with van der Waals surface area (Å²) in [5.41, 5.74) is -0.743. The van der Waals surface area contributed by atoms with Crippen molar-refractivity contribution >= 4 is 17.6 Å². The topological polar surface area (TPSA) is 86.6 Å². The molecule has 3 N–H and O–H groups in total. The van der Waals surface area contributed by atoms with Gasteiger partial charge < -0.3 is 15.5 Å². The number of phenolic OH excluding ortho intramolecular Hbond substituents is 1. The van der Waals surface area contributed by atoms with Gasteiger partial charge in [0.1, 0.15) is 11.5 Å². The first kappa shape index (κ1) is 14.9. The number of aliphatic carboxylic acids is 1. The number of nitrogens with one attached hydrogen (secondary N) is 1. The number of anilines is 1. The lowest BCUT2D eigenvalue weighted by Crippen LogP contribution is -2.17. The Morgan fingerprint density at radius 3 is 2.58 bits per heavy atom. The first-order chi connectivity index (χ1) is 8.82. The van der Waals surface area contributed by atoms with Gasteiger partial charge in [-0.3, -0.25) is 9.59 Å². The molecule has 1 aromatic carbocycles. The minimum absolute atomic E-state index is 0.0449. The fourth-order valence-electron chi connectivity index (χ4n) is 1.33. The molecule has 0 heterocycles. The van der Waals surface area contributed by atoms with Crippen molar-refractivity contribution in [1.82, 2.24) is 0 Å². The molecule has 5 nitrogen and oxygen atoms in total. The number of aromatic hydroxyl groups is 1. The number of rotatable bonds is 5. The van der Waals surface area contributed by atoms with Crippen LogP contribution in [0.15, 0.2) is 12.1 Å². The predicted molar refractivity (Wildman–Crippen MR) is 62.7 cm³/mol. The van der Waals surface area contributed by atoms with Crippen LogP contribution in [0.1, 0.15) is 19.8 Å². The Labute approximate surface area is 107 Å². The number of phenols is 1. The highest BCUT2D eigenvalue weighted by molar-refractivity contribution is 5.91. The summed E-state index contributed by atoms with van der Waals surface area (Å²) >= 11 is 0. The molecule has 0 aliphatic rings. The van der Waals surface area contributed by atoms with Crippen molar-refractivity contribution in [1.29, 1.82) is 0 Å². The molecular weight excluding hydrogens is 260 g/mol. The van der Waals surface area contributed by atoms with Gasteiger partial charge in [-0.15, -0.1) is 0 Å². The number of carboxylic acid groups (broad SMARTS) is 1. The highest BCUT2D eigenvalue weighted by atomic mass is 19.1. The van der Waals surface area contributed by atoms with Crippen LogP contribution in [-0.2, 0) is 9.59 Å². The standard InChI is InChI=1S/C12H13F2NO4/c1-6(12(18)19)2-5-9(17)15-11-7(13)3-4-8(16)10(11)14/h3-4,6,16H,2,5H2,1H3,(H,15,17)(H,18,19). The van der Waals surface area contributed by atoms with Gasteiger partial charge >= 0.3 is 5.97 Å². The maximum Gasteiger partial charge on any atom is 0.306 e. The van der Waals surface area contributed by atoms with Crippen molar-refractivity contribution in [3.63, 3.8) is 0 Å². The smallest absolute Gasteiger partial charge is 0.306 e. The van der Waals surface area contributed by atoms with Gasteiger partial charge in [0, 0.05) is 6.42 Å². The third kappa shape index (κ3) is 3.90. The second-order valence-electron chi connectivity index (χ2n) is 4.08. The van der Waals surface area contributed by atoms with E-state index < -0.39 is 40.9 Å². The molecule has 1 aromatic rings. The van der Waals surface area contributed by atoms with Crippen LogP contribution in [0.3, 0.4) is 0 Å². The van der Waals surface area contributed by atoms with Gasteiger partial charge in [0.15, 0.2) is 11.6 Å². The molecule has 19 heavy (non-hydrogen) atoms. The molecule has 0 spiro atoms. The van der Waals surface area contributed by atoms with Gasteiger partial charge in [0.25, 0.3) is 0 Å². The minimum Gasteiger partial charge on any atom is -0.505 e. The number of hydrogen-bond acceptors (Lipinski definition) is 3. The number of hydrogen-bond donors (Lipinski definition) is 3. The van der Waals surface area contributed by atoms with Crippen molar-refractivity contribution in [3.8, 4) is 5.75 Å². The Morgan fingerprint density at radius 2 is 2.00 bits per heavy atom. The molecule has 1 amide bonds. The lowest BCUT2D eigenvalue weighted by molar-refractivity contribution is -0.141. The molecule has 0 fully saturated rings. The van der Waals surface area contributed by atoms with E-state index in [4.69, 9.17) is 10.2 Å². The molecule has 1 rings (SSSR count). The Kier molecular flexibility index (Phi) is 4.80. The largest absolute Gasteiger partial charge is 0.505 e. The summed E-state index contributed by atoms with van der Waals surface area (Å²) in [4.78, 5) is 22.0. The predicted octanol–water partition coefficient (Wildman–Crippen LogP) is 2.11. The summed E-state index contributed by atoms with van der Waals surface area (Å²) in [7, 11) is 0. The van der Waals surface area contributed by atoms with Gasteiger partial charge in [0.05, 0.1) is 5.92 Å². The van der Waals surface area contributed by atoms with E-state index in [1.807, 2.05) is 5.32 Å². The van der Waals surface area contributed by atoms with E-state index in [-0.39, 0.29) is 12.8 Å². The number of carbonyl (C=O) groups excluding carboxylic acids is 1. The van der Waals surface area contributed by atoms with Crippen molar-refractivity contribution in [2.75, 3.05) is 5.32 Å². The lowest BCUT2D eigenvalue weighted by atomic mass is 10.1. The van der Waals surface area contributed by atoms with E-state index in [9.17, 15) is 18.4 Å². The summed E-state index contributed by atoms with van der Waals surface area (Å²) in [5.74, 6) is -5.58. The van der Waals surface area contributed by atoms with Gasteiger partial charge in [-0.1, -0.05) is 6.92 Å². The Balaban J connectivity index is 2.68. The Hall–Kier alpha value is -2.18. The number of carboxylic acids is 1. The van der Waals surface area contributed by atoms with Crippen LogP contribution < -0.4 is 5.32 Å². The zero-order valence-electron chi connectivity index (χ0n) is 10.1. The molecular formula is C12H13F2NO4. The molecule has 1 unspecified atom stereocenters. The van der Waals surface area contributed by atoms with Gasteiger partial charge in [-0.25, -0.2) is 8.78 Å². The van der Waals surface area contributed by atoms with E-state index in [2.05, 4.69) is 0 Å². The quantitative estimate of drug-likeness (QED) is 0.766. The molecule has 7 heteroatoms. The maximum atomic E-state index is 13.4. The van der Waals surface area contributed by atoms with E-state index in [1.54, 1.807) is 0 Å². The molecule has 0 aliphatic carbocycles. The summed E-state index contributed by atoms with van der Waals surface area (Å²) in [6, 6.07) is 1.64. The van der Waals surface area contributed by atoms with E-state index in [0.29, 0.717) is 0 Å². The SMILES string of the molecule is CC(CCC(=O)Nc1c(F)ccc(O)c1F)C(=O)O. The number of halogens is 2. The van der Waals surface area contributed by atoms with Crippen molar-refractivity contribution < 1.29 is 28.6 Å². The van der Waals surface area contributed by atoms with Crippen LogP contribution in [-0.4, -0.2) is 22.1 Å². The van der Waals surface area contributed by atoms with Crippen LogP contribution >= 0.6 is 0 Å². The van der Waals surface area contributed by atoms with Crippen molar-refractivity contribution in [2.24, 2.45) is 5.92 Å². The zero-order valence-corrected chi connectivity index (χ0v) is 10.1. The average Bonchev–Trinajstić information content (AvgIpc) is 2.36. The molecule has 0 saturated heterocycles.